The van der Waals surface area contributed by atoms with Crippen LogP contribution in [-0.2, 0) is 0 Å². The van der Waals surface area contributed by atoms with Gasteiger partial charge in [0, 0.05) is 41.7 Å². The number of hydrogen-bond donors (Lipinski definition) is 1. The van der Waals surface area contributed by atoms with Crippen molar-refractivity contribution in [3.05, 3.63) is 39.5 Å². The molecule has 0 aromatic carbocycles. The highest BCUT2D eigenvalue weighted by atomic mass is 32.1. The number of rotatable bonds is 4. The average Bonchev–Trinajstić information content (AvgIpc) is 3.21. The molecule has 1 amide bonds. The van der Waals surface area contributed by atoms with Crippen molar-refractivity contribution >= 4 is 23.1 Å². The van der Waals surface area contributed by atoms with Gasteiger partial charge in [-0.15, -0.1) is 11.3 Å². The number of aryl methyl sites for hydroxylation is 2. The Kier molecular flexibility index (Phi) is 4.46. The number of thiophene rings is 1. The molecule has 0 radical (unpaired) electrons. The smallest absolute Gasteiger partial charge is 0.261 e. The molecule has 1 aliphatic carbocycles. The molecule has 2 aliphatic rings. The number of anilines is 1. The summed E-state index contributed by atoms with van der Waals surface area (Å²) in [5.74, 6) is 1.55. The highest BCUT2D eigenvalue weighted by molar-refractivity contribution is 7.14. The van der Waals surface area contributed by atoms with Gasteiger partial charge in [0.2, 0.25) is 0 Å². The van der Waals surface area contributed by atoms with Crippen LogP contribution >= 0.6 is 11.3 Å². The molecule has 2 fully saturated rings. The number of hydrogen-bond acceptors (Lipinski definition) is 5. The normalized spacial score (nSPS) is 22.7. The summed E-state index contributed by atoms with van der Waals surface area (Å²) in [7, 11) is 0. The number of amides is 1. The van der Waals surface area contributed by atoms with E-state index in [0.29, 0.717) is 5.92 Å². The third kappa shape index (κ3) is 3.40. The molecular weight excluding hydrogens is 332 g/mol. The van der Waals surface area contributed by atoms with E-state index in [2.05, 4.69) is 40.1 Å². The van der Waals surface area contributed by atoms with Gasteiger partial charge in [0.25, 0.3) is 5.91 Å². The van der Waals surface area contributed by atoms with Gasteiger partial charge in [-0.1, -0.05) is 0 Å². The van der Waals surface area contributed by atoms with E-state index < -0.39 is 0 Å². The van der Waals surface area contributed by atoms with Crippen LogP contribution < -0.4 is 10.2 Å². The maximum absolute atomic E-state index is 12.4. The lowest BCUT2D eigenvalue weighted by molar-refractivity contribution is 0.0912. The predicted octanol–water partition coefficient (Wildman–Crippen LogP) is 3.43. The fourth-order valence-corrected chi connectivity index (χ4v) is 4.56. The van der Waals surface area contributed by atoms with Crippen LogP contribution in [-0.4, -0.2) is 35.0 Å². The van der Waals surface area contributed by atoms with E-state index >= 15 is 0 Å². The summed E-state index contributed by atoms with van der Waals surface area (Å²) in [6.07, 6.45) is 6.11. The molecule has 0 unspecified atom stereocenters. The zero-order chi connectivity index (χ0) is 17.4. The minimum atomic E-state index is 0.0603. The second-order valence-corrected chi connectivity index (χ2v) is 8.44. The molecule has 132 valence electrons. The second kappa shape index (κ2) is 6.75. The lowest BCUT2D eigenvalue weighted by Crippen LogP contribution is -2.43. The third-order valence-corrected chi connectivity index (χ3v) is 6.54. The van der Waals surface area contributed by atoms with Gasteiger partial charge in [-0.2, -0.15) is 0 Å². The zero-order valence-electron chi connectivity index (χ0n) is 14.8. The first-order valence-electron chi connectivity index (χ1n) is 9.05. The average molecular weight is 356 g/mol. The van der Waals surface area contributed by atoms with E-state index in [1.54, 1.807) is 17.7 Å². The standard InChI is InChI=1S/C19H24N4OS/c1-12-7-17(25-13(12)2)19(24)22-15-8-14(9-15)16-10-18(21-11-20-16)23-5-3-4-6-23/h7,10-11,14-15H,3-6,8-9H2,1-2H3,(H,22,24). The van der Waals surface area contributed by atoms with Crippen molar-refractivity contribution in [1.29, 1.82) is 0 Å². The number of carbonyl (C=O) groups is 1. The number of carbonyl (C=O) groups excluding carboxylic acids is 1. The predicted molar refractivity (Wildman–Crippen MR) is 101 cm³/mol. The van der Waals surface area contributed by atoms with Crippen molar-refractivity contribution in [3.8, 4) is 0 Å². The molecule has 1 saturated heterocycles. The molecule has 1 saturated carbocycles. The van der Waals surface area contributed by atoms with Gasteiger partial charge in [0.05, 0.1) is 4.88 Å². The molecule has 4 rings (SSSR count). The van der Waals surface area contributed by atoms with Crippen LogP contribution in [0.25, 0.3) is 0 Å². The number of nitrogens with one attached hydrogen (secondary N) is 1. The van der Waals surface area contributed by atoms with E-state index in [-0.39, 0.29) is 11.9 Å². The Morgan fingerprint density at radius 3 is 2.64 bits per heavy atom. The zero-order valence-corrected chi connectivity index (χ0v) is 15.6. The number of aromatic nitrogens is 2. The first-order chi connectivity index (χ1) is 12.1. The minimum Gasteiger partial charge on any atom is -0.357 e. The summed E-state index contributed by atoms with van der Waals surface area (Å²) in [5.41, 5.74) is 2.31. The molecule has 3 heterocycles. The molecule has 25 heavy (non-hydrogen) atoms. The molecular formula is C19H24N4OS. The van der Waals surface area contributed by atoms with Crippen LogP contribution in [0.2, 0.25) is 0 Å². The molecule has 0 spiro atoms. The Balaban J connectivity index is 1.34. The van der Waals surface area contributed by atoms with Crippen LogP contribution in [0, 0.1) is 13.8 Å². The van der Waals surface area contributed by atoms with Gasteiger partial charge in [0.15, 0.2) is 0 Å². The fourth-order valence-electron chi connectivity index (χ4n) is 3.62. The molecule has 2 aromatic rings. The monoisotopic (exact) mass is 356 g/mol. The summed E-state index contributed by atoms with van der Waals surface area (Å²) < 4.78 is 0. The summed E-state index contributed by atoms with van der Waals surface area (Å²) in [5, 5.41) is 3.16. The van der Waals surface area contributed by atoms with Crippen molar-refractivity contribution in [2.75, 3.05) is 18.0 Å². The lowest BCUT2D eigenvalue weighted by atomic mass is 9.78. The third-order valence-electron chi connectivity index (χ3n) is 5.39. The van der Waals surface area contributed by atoms with E-state index in [9.17, 15) is 4.79 Å². The van der Waals surface area contributed by atoms with Crippen LogP contribution in [0.3, 0.4) is 0 Å². The molecule has 6 heteroatoms. The lowest BCUT2D eigenvalue weighted by Gasteiger charge is -2.35. The first-order valence-corrected chi connectivity index (χ1v) is 9.86. The maximum Gasteiger partial charge on any atom is 0.261 e. The summed E-state index contributed by atoms with van der Waals surface area (Å²) in [6.45, 7) is 6.30. The molecule has 0 bridgehead atoms. The fraction of sp³-hybridized carbons (Fsp3) is 0.526. The molecule has 2 aromatic heterocycles. The van der Waals surface area contributed by atoms with Crippen LogP contribution in [0.15, 0.2) is 18.5 Å². The SMILES string of the molecule is Cc1cc(C(=O)NC2CC(c3cc(N4CCCC4)ncn3)C2)sc1C. The van der Waals surface area contributed by atoms with Crippen molar-refractivity contribution in [1.82, 2.24) is 15.3 Å². The van der Waals surface area contributed by atoms with E-state index in [4.69, 9.17) is 0 Å². The van der Waals surface area contributed by atoms with Gasteiger partial charge >= 0.3 is 0 Å². The van der Waals surface area contributed by atoms with Crippen molar-refractivity contribution in [2.24, 2.45) is 0 Å². The Hall–Kier alpha value is -1.95. The van der Waals surface area contributed by atoms with Crippen molar-refractivity contribution < 1.29 is 4.79 Å². The second-order valence-electron chi connectivity index (χ2n) is 7.18. The van der Waals surface area contributed by atoms with E-state index in [0.717, 1.165) is 42.3 Å². The Morgan fingerprint density at radius 1 is 1.20 bits per heavy atom. The Morgan fingerprint density at radius 2 is 1.96 bits per heavy atom. The Bertz CT molecular complexity index is 756. The van der Waals surface area contributed by atoms with Crippen LogP contribution in [0.4, 0.5) is 5.82 Å². The summed E-state index contributed by atoms with van der Waals surface area (Å²) in [6, 6.07) is 4.38. The summed E-state index contributed by atoms with van der Waals surface area (Å²) in [4.78, 5) is 25.6. The largest absolute Gasteiger partial charge is 0.357 e. The molecule has 1 aliphatic heterocycles. The van der Waals surface area contributed by atoms with Crippen molar-refractivity contribution in [2.45, 2.75) is 51.5 Å². The minimum absolute atomic E-state index is 0.0603. The van der Waals surface area contributed by atoms with E-state index in [1.807, 2.05) is 6.07 Å². The van der Waals surface area contributed by atoms with Gasteiger partial charge in [0.1, 0.15) is 12.1 Å². The molecule has 5 nitrogen and oxygen atoms in total. The van der Waals surface area contributed by atoms with Crippen LogP contribution in [0.1, 0.15) is 57.4 Å². The highest BCUT2D eigenvalue weighted by Crippen LogP contribution is 2.37. The highest BCUT2D eigenvalue weighted by Gasteiger charge is 2.33. The van der Waals surface area contributed by atoms with Crippen molar-refractivity contribution in [3.63, 3.8) is 0 Å². The first kappa shape index (κ1) is 16.5. The molecule has 0 atom stereocenters. The maximum atomic E-state index is 12.4. The Labute approximate surface area is 152 Å². The topological polar surface area (TPSA) is 58.1 Å². The van der Waals surface area contributed by atoms with Gasteiger partial charge in [-0.05, 0) is 51.2 Å². The van der Waals surface area contributed by atoms with Gasteiger partial charge < -0.3 is 10.2 Å². The number of nitrogens with zero attached hydrogens (tertiary/aromatic N) is 3. The van der Waals surface area contributed by atoms with Gasteiger partial charge in [-0.25, -0.2) is 9.97 Å². The summed E-state index contributed by atoms with van der Waals surface area (Å²) >= 11 is 1.57. The van der Waals surface area contributed by atoms with E-state index in [1.165, 1.54) is 23.3 Å². The van der Waals surface area contributed by atoms with Crippen LogP contribution in [0.5, 0.6) is 0 Å². The molecule has 1 N–H and O–H groups in total. The quantitative estimate of drug-likeness (QED) is 0.912. The van der Waals surface area contributed by atoms with Gasteiger partial charge in [-0.3, -0.25) is 4.79 Å².